The number of aromatic nitrogens is 1. The van der Waals surface area contributed by atoms with Crippen LogP contribution in [0.4, 0.5) is 0 Å². The average molecular weight is 622 g/mol. The SMILES string of the molecule is C[N+](C)(CCOCc1ccccc1)Cc1cnc(C(O)(c2ccccc2)C2CCCCC2)o1.Cc1ccc(S(=O)(=O)O)cc1. The molecule has 0 saturated heterocycles. The Labute approximate surface area is 261 Å². The zero-order valence-corrected chi connectivity index (χ0v) is 26.7. The molecule has 1 aromatic heterocycles. The minimum Gasteiger partial charge on any atom is -0.436 e. The van der Waals surface area contributed by atoms with Gasteiger partial charge in [0.25, 0.3) is 10.1 Å². The monoisotopic (exact) mass is 621 g/mol. The van der Waals surface area contributed by atoms with E-state index in [0.29, 0.717) is 25.6 Å². The number of likely N-dealkylation sites (N-methyl/N-ethyl adjacent to an activating group) is 1. The standard InChI is InChI=1S/C28H37N2O3.C7H8O3S/c1-30(2,18-19-32-22-23-12-6-3-7-13-23)21-26-20-29-27(33-26)28(31,24-14-8-4-9-15-24)25-16-10-5-11-17-25;1-6-2-4-7(5-3-6)11(8,9)10/h3-4,6-9,12-15,20,25,31H,5,10-11,16-19,21-22H2,1-2H3;2-5H,1H3,(H,8,9,10)/q+1;. The largest absolute Gasteiger partial charge is 0.436 e. The van der Waals surface area contributed by atoms with E-state index in [-0.39, 0.29) is 10.8 Å². The Bertz CT molecular complexity index is 1530. The second-order valence-electron chi connectivity index (χ2n) is 12.2. The van der Waals surface area contributed by atoms with Crippen LogP contribution in [-0.4, -0.2) is 54.8 Å². The molecular formula is C35H45N2O6S+. The smallest absolute Gasteiger partial charge is 0.294 e. The van der Waals surface area contributed by atoms with Crippen LogP contribution in [0.5, 0.6) is 0 Å². The maximum absolute atomic E-state index is 12.0. The van der Waals surface area contributed by atoms with Crippen molar-refractivity contribution in [1.29, 1.82) is 0 Å². The molecule has 0 spiro atoms. The van der Waals surface area contributed by atoms with Gasteiger partial charge in [0, 0.05) is 5.92 Å². The van der Waals surface area contributed by atoms with E-state index in [2.05, 4.69) is 31.2 Å². The summed E-state index contributed by atoms with van der Waals surface area (Å²) in [6, 6.07) is 26.1. The average Bonchev–Trinajstić information content (AvgIpc) is 3.48. The topological polar surface area (TPSA) is 110 Å². The van der Waals surface area contributed by atoms with Crippen LogP contribution in [0.3, 0.4) is 0 Å². The van der Waals surface area contributed by atoms with E-state index in [4.69, 9.17) is 13.7 Å². The highest BCUT2D eigenvalue weighted by Gasteiger charge is 2.44. The molecule has 0 radical (unpaired) electrons. The molecule has 1 aliphatic rings. The van der Waals surface area contributed by atoms with Gasteiger partial charge in [-0.3, -0.25) is 4.55 Å². The minimum absolute atomic E-state index is 0.0666. The Morgan fingerprint density at radius 1 is 0.932 bits per heavy atom. The first kappa shape index (κ1) is 33.6. The normalized spacial score (nSPS) is 15.7. The Morgan fingerprint density at radius 2 is 1.55 bits per heavy atom. The van der Waals surface area contributed by atoms with Crippen LogP contribution < -0.4 is 0 Å². The molecule has 3 aromatic carbocycles. The highest BCUT2D eigenvalue weighted by Crippen LogP contribution is 2.43. The lowest BCUT2D eigenvalue weighted by molar-refractivity contribution is -0.905. The molecule has 2 N–H and O–H groups in total. The number of benzene rings is 3. The lowest BCUT2D eigenvalue weighted by Crippen LogP contribution is -2.41. The summed E-state index contributed by atoms with van der Waals surface area (Å²) in [6.07, 6.45) is 7.28. The van der Waals surface area contributed by atoms with Crippen LogP contribution in [-0.2, 0) is 33.6 Å². The first-order valence-corrected chi connectivity index (χ1v) is 16.6. The summed E-state index contributed by atoms with van der Waals surface area (Å²) in [5.41, 5.74) is 1.83. The van der Waals surface area contributed by atoms with Gasteiger partial charge in [-0.1, -0.05) is 97.6 Å². The van der Waals surface area contributed by atoms with Gasteiger partial charge in [-0.25, -0.2) is 4.98 Å². The molecule has 8 nitrogen and oxygen atoms in total. The van der Waals surface area contributed by atoms with Gasteiger partial charge in [0.2, 0.25) is 5.89 Å². The Morgan fingerprint density at radius 3 is 2.16 bits per heavy atom. The van der Waals surface area contributed by atoms with E-state index in [1.165, 1.54) is 24.1 Å². The number of hydrogen-bond donors (Lipinski definition) is 2. The lowest BCUT2D eigenvalue weighted by atomic mass is 9.73. The van der Waals surface area contributed by atoms with E-state index < -0.39 is 15.7 Å². The molecule has 1 unspecified atom stereocenters. The van der Waals surface area contributed by atoms with Gasteiger partial charge in [-0.2, -0.15) is 8.42 Å². The highest BCUT2D eigenvalue weighted by atomic mass is 32.2. The number of hydrogen-bond acceptors (Lipinski definition) is 6. The molecule has 0 amide bonds. The van der Waals surface area contributed by atoms with Gasteiger partial charge >= 0.3 is 0 Å². The van der Waals surface area contributed by atoms with E-state index in [1.54, 1.807) is 18.3 Å². The van der Waals surface area contributed by atoms with Crippen molar-refractivity contribution in [3.63, 3.8) is 0 Å². The molecule has 1 aliphatic carbocycles. The third-order valence-corrected chi connectivity index (χ3v) is 9.01. The summed E-state index contributed by atoms with van der Waals surface area (Å²) in [6.45, 7) is 4.68. The van der Waals surface area contributed by atoms with E-state index in [9.17, 15) is 13.5 Å². The molecule has 0 bridgehead atoms. The van der Waals surface area contributed by atoms with Crippen molar-refractivity contribution in [2.75, 3.05) is 27.2 Å². The second kappa shape index (κ2) is 15.1. The van der Waals surface area contributed by atoms with Crippen molar-refractivity contribution in [3.05, 3.63) is 119 Å². The first-order chi connectivity index (χ1) is 21.0. The third-order valence-electron chi connectivity index (χ3n) is 8.14. The quantitative estimate of drug-likeness (QED) is 0.111. The Balaban J connectivity index is 0.000000339. The van der Waals surface area contributed by atoms with Crippen LogP contribution in [0.25, 0.3) is 0 Å². The number of aliphatic hydroxyl groups is 1. The van der Waals surface area contributed by atoms with E-state index in [0.717, 1.165) is 53.6 Å². The summed E-state index contributed by atoms with van der Waals surface area (Å²) >= 11 is 0. The number of aryl methyl sites for hydroxylation is 1. The van der Waals surface area contributed by atoms with Crippen molar-refractivity contribution >= 4 is 10.1 Å². The minimum atomic E-state index is -4.02. The molecule has 236 valence electrons. The number of ether oxygens (including phenoxy) is 1. The van der Waals surface area contributed by atoms with Gasteiger partial charge in [0.15, 0.2) is 11.4 Å². The van der Waals surface area contributed by atoms with Gasteiger partial charge in [-0.05, 0) is 43.0 Å². The van der Waals surface area contributed by atoms with Crippen LogP contribution in [0, 0.1) is 12.8 Å². The van der Waals surface area contributed by atoms with Crippen molar-refractivity contribution in [2.45, 2.75) is 62.7 Å². The predicted octanol–water partition coefficient (Wildman–Crippen LogP) is 6.53. The molecule has 0 aliphatic heterocycles. The fourth-order valence-electron chi connectivity index (χ4n) is 5.59. The molecule has 1 heterocycles. The van der Waals surface area contributed by atoms with Gasteiger partial charge in [-0.15, -0.1) is 0 Å². The number of oxazole rings is 1. The van der Waals surface area contributed by atoms with Gasteiger partial charge in [0.05, 0.1) is 38.4 Å². The maximum atomic E-state index is 12.0. The van der Waals surface area contributed by atoms with Gasteiger partial charge < -0.3 is 18.7 Å². The summed E-state index contributed by atoms with van der Waals surface area (Å²) in [4.78, 5) is 4.54. The number of quaternary nitrogens is 1. The van der Waals surface area contributed by atoms with Gasteiger partial charge in [0.1, 0.15) is 13.1 Å². The molecule has 44 heavy (non-hydrogen) atoms. The molecule has 5 rings (SSSR count). The second-order valence-corrected chi connectivity index (χ2v) is 13.7. The Kier molecular flexibility index (Phi) is 11.5. The zero-order valence-electron chi connectivity index (χ0n) is 25.9. The summed E-state index contributed by atoms with van der Waals surface area (Å²) < 4.78 is 42.4. The van der Waals surface area contributed by atoms with Crippen LogP contribution in [0.1, 0.15) is 60.4 Å². The van der Waals surface area contributed by atoms with Crippen molar-refractivity contribution < 1.29 is 31.7 Å². The fourth-order valence-corrected chi connectivity index (χ4v) is 6.07. The Hall–Kier alpha value is -3.34. The third kappa shape index (κ3) is 9.33. The number of nitrogens with zero attached hydrogens (tertiary/aromatic N) is 2. The summed E-state index contributed by atoms with van der Waals surface area (Å²) in [5, 5.41) is 12.0. The van der Waals surface area contributed by atoms with Crippen LogP contribution >= 0.6 is 0 Å². The lowest BCUT2D eigenvalue weighted by Gasteiger charge is -2.36. The van der Waals surface area contributed by atoms with E-state index >= 15 is 0 Å². The summed E-state index contributed by atoms with van der Waals surface area (Å²) in [5.74, 6) is 1.34. The first-order valence-electron chi connectivity index (χ1n) is 15.2. The predicted molar refractivity (Wildman–Crippen MR) is 170 cm³/mol. The molecule has 4 aromatic rings. The number of rotatable bonds is 11. The molecular weight excluding hydrogens is 576 g/mol. The zero-order chi connectivity index (χ0) is 31.6. The maximum Gasteiger partial charge on any atom is 0.294 e. The van der Waals surface area contributed by atoms with Crippen molar-refractivity contribution in [3.8, 4) is 0 Å². The van der Waals surface area contributed by atoms with Crippen molar-refractivity contribution in [2.24, 2.45) is 5.92 Å². The molecule has 1 fully saturated rings. The van der Waals surface area contributed by atoms with Crippen LogP contribution in [0.15, 0.2) is 100 Å². The highest BCUT2D eigenvalue weighted by molar-refractivity contribution is 7.85. The molecule has 1 atom stereocenters. The van der Waals surface area contributed by atoms with Crippen LogP contribution in [0.2, 0.25) is 0 Å². The molecule has 9 heteroatoms. The molecule has 1 saturated carbocycles. The van der Waals surface area contributed by atoms with Crippen molar-refractivity contribution in [1.82, 2.24) is 4.98 Å². The van der Waals surface area contributed by atoms with E-state index in [1.807, 2.05) is 55.5 Å². The summed E-state index contributed by atoms with van der Waals surface area (Å²) in [7, 11) is 0.311. The fraction of sp³-hybridized carbons (Fsp3) is 0.400.